The molecule has 6 heteroatoms. The molecule has 0 heterocycles. The van der Waals surface area contributed by atoms with Crippen molar-refractivity contribution in [3.8, 4) is 0 Å². The van der Waals surface area contributed by atoms with Crippen LogP contribution < -0.4 is 10.2 Å². The van der Waals surface area contributed by atoms with Gasteiger partial charge in [0.05, 0.1) is 0 Å². The standard InChI is InChI=1S/C14H17ClN2O3/c15-10-2-1-3-12(8-10)17(9-14(19)20)7-6-13(18)16-11-4-5-11/h1-3,8,11H,4-7,9H2,(H,16,18)(H,19,20). The third kappa shape index (κ3) is 4.74. The lowest BCUT2D eigenvalue weighted by atomic mass is 10.2. The van der Waals surface area contributed by atoms with Gasteiger partial charge in [0.2, 0.25) is 5.91 Å². The highest BCUT2D eigenvalue weighted by atomic mass is 35.5. The summed E-state index contributed by atoms with van der Waals surface area (Å²) in [6.07, 6.45) is 2.36. The molecule has 0 unspecified atom stereocenters. The average molecular weight is 297 g/mol. The van der Waals surface area contributed by atoms with Crippen LogP contribution in [0, 0.1) is 0 Å². The van der Waals surface area contributed by atoms with Gasteiger partial charge in [-0.05, 0) is 31.0 Å². The number of rotatable bonds is 7. The summed E-state index contributed by atoms with van der Waals surface area (Å²) >= 11 is 5.91. The number of benzene rings is 1. The fraction of sp³-hybridized carbons (Fsp3) is 0.429. The smallest absolute Gasteiger partial charge is 0.323 e. The van der Waals surface area contributed by atoms with E-state index in [1.165, 1.54) is 0 Å². The molecule has 108 valence electrons. The number of anilines is 1. The van der Waals surface area contributed by atoms with Crippen LogP contribution in [0.5, 0.6) is 0 Å². The number of carboxylic acids is 1. The number of aliphatic carboxylic acids is 1. The van der Waals surface area contributed by atoms with Gasteiger partial charge in [0.15, 0.2) is 0 Å². The van der Waals surface area contributed by atoms with Crippen molar-refractivity contribution >= 4 is 29.2 Å². The molecule has 0 bridgehead atoms. The fourth-order valence-electron chi connectivity index (χ4n) is 1.90. The van der Waals surface area contributed by atoms with E-state index in [2.05, 4.69) is 5.32 Å². The summed E-state index contributed by atoms with van der Waals surface area (Å²) in [5, 5.41) is 12.4. The molecule has 1 amide bonds. The second-order valence-corrected chi connectivity index (χ2v) is 5.32. The van der Waals surface area contributed by atoms with Gasteiger partial charge in [-0.2, -0.15) is 0 Å². The first-order valence-electron chi connectivity index (χ1n) is 6.56. The number of hydrogen-bond donors (Lipinski definition) is 2. The van der Waals surface area contributed by atoms with E-state index in [0.29, 0.717) is 23.3 Å². The molecule has 2 N–H and O–H groups in total. The molecule has 5 nitrogen and oxygen atoms in total. The van der Waals surface area contributed by atoms with Crippen molar-refractivity contribution in [2.45, 2.75) is 25.3 Å². The van der Waals surface area contributed by atoms with Crippen LogP contribution >= 0.6 is 11.6 Å². The highest BCUT2D eigenvalue weighted by molar-refractivity contribution is 6.30. The van der Waals surface area contributed by atoms with Crippen molar-refractivity contribution < 1.29 is 14.7 Å². The monoisotopic (exact) mass is 296 g/mol. The van der Waals surface area contributed by atoms with Crippen LogP contribution in [-0.2, 0) is 9.59 Å². The summed E-state index contributed by atoms with van der Waals surface area (Å²) < 4.78 is 0. The Hall–Kier alpha value is -1.75. The molecule has 1 aromatic rings. The van der Waals surface area contributed by atoms with Gasteiger partial charge in [-0.1, -0.05) is 17.7 Å². The lowest BCUT2D eigenvalue weighted by Crippen LogP contribution is -2.34. The maximum atomic E-state index is 11.7. The van der Waals surface area contributed by atoms with Crippen molar-refractivity contribution in [2.24, 2.45) is 0 Å². The number of halogens is 1. The number of carbonyl (C=O) groups is 2. The van der Waals surface area contributed by atoms with E-state index < -0.39 is 5.97 Å². The number of carboxylic acid groups (broad SMARTS) is 1. The molecule has 0 saturated heterocycles. The third-order valence-corrected chi connectivity index (χ3v) is 3.29. The summed E-state index contributed by atoms with van der Waals surface area (Å²) in [7, 11) is 0. The second kappa shape index (κ2) is 6.61. The topological polar surface area (TPSA) is 69.6 Å². The van der Waals surface area contributed by atoms with Gasteiger partial charge >= 0.3 is 5.97 Å². The zero-order chi connectivity index (χ0) is 14.5. The second-order valence-electron chi connectivity index (χ2n) is 4.89. The van der Waals surface area contributed by atoms with Gasteiger partial charge in [-0.25, -0.2) is 0 Å². The fourth-order valence-corrected chi connectivity index (χ4v) is 2.08. The van der Waals surface area contributed by atoms with Crippen LogP contribution in [0.3, 0.4) is 0 Å². The quantitative estimate of drug-likeness (QED) is 0.806. The lowest BCUT2D eigenvalue weighted by Gasteiger charge is -2.22. The highest BCUT2D eigenvalue weighted by Crippen LogP contribution is 2.20. The van der Waals surface area contributed by atoms with Gasteiger partial charge in [0.25, 0.3) is 0 Å². The van der Waals surface area contributed by atoms with Gasteiger partial charge in [-0.3, -0.25) is 9.59 Å². The van der Waals surface area contributed by atoms with Crippen molar-refractivity contribution in [1.29, 1.82) is 0 Å². The van der Waals surface area contributed by atoms with Gasteiger partial charge in [0, 0.05) is 29.7 Å². The molecule has 0 aliphatic heterocycles. The summed E-state index contributed by atoms with van der Waals surface area (Å²) in [6.45, 7) is 0.197. The van der Waals surface area contributed by atoms with Crippen LogP contribution in [0.25, 0.3) is 0 Å². The minimum Gasteiger partial charge on any atom is -0.480 e. The first kappa shape index (κ1) is 14.7. The minimum atomic E-state index is -0.937. The average Bonchev–Trinajstić information content (AvgIpc) is 3.18. The summed E-state index contributed by atoms with van der Waals surface area (Å²) in [6, 6.07) is 7.29. The maximum absolute atomic E-state index is 11.7. The molecule has 0 aromatic heterocycles. The third-order valence-electron chi connectivity index (χ3n) is 3.05. The van der Waals surface area contributed by atoms with Crippen molar-refractivity contribution in [3.63, 3.8) is 0 Å². The first-order chi connectivity index (χ1) is 9.54. The Bertz CT molecular complexity index is 503. The zero-order valence-corrected chi connectivity index (χ0v) is 11.8. The molecule has 0 atom stereocenters. The largest absolute Gasteiger partial charge is 0.480 e. The molecule has 2 rings (SSSR count). The Balaban J connectivity index is 1.95. The predicted octanol–water partition coefficient (Wildman–Crippen LogP) is 1.90. The molecule has 0 radical (unpaired) electrons. The van der Waals surface area contributed by atoms with Crippen molar-refractivity contribution in [1.82, 2.24) is 5.32 Å². The van der Waals surface area contributed by atoms with E-state index in [-0.39, 0.29) is 18.9 Å². The molecule has 1 aliphatic carbocycles. The maximum Gasteiger partial charge on any atom is 0.323 e. The summed E-state index contributed by atoms with van der Waals surface area (Å²) in [4.78, 5) is 24.2. The Morgan fingerprint density at radius 3 is 2.75 bits per heavy atom. The highest BCUT2D eigenvalue weighted by Gasteiger charge is 2.23. The molecule has 1 fully saturated rings. The van der Waals surface area contributed by atoms with Crippen LogP contribution in [0.15, 0.2) is 24.3 Å². The summed E-state index contributed by atoms with van der Waals surface area (Å²) in [5.41, 5.74) is 0.708. The van der Waals surface area contributed by atoms with E-state index in [0.717, 1.165) is 12.8 Å². The number of amides is 1. The SMILES string of the molecule is O=C(O)CN(CCC(=O)NC1CC1)c1cccc(Cl)c1. The van der Waals surface area contributed by atoms with Crippen LogP contribution in [0.2, 0.25) is 5.02 Å². The Morgan fingerprint density at radius 2 is 2.15 bits per heavy atom. The van der Waals surface area contributed by atoms with Crippen molar-refractivity contribution in [2.75, 3.05) is 18.0 Å². The van der Waals surface area contributed by atoms with Crippen molar-refractivity contribution in [3.05, 3.63) is 29.3 Å². The van der Waals surface area contributed by atoms with E-state index in [1.54, 1.807) is 29.2 Å². The Morgan fingerprint density at radius 1 is 1.40 bits per heavy atom. The van der Waals surface area contributed by atoms with E-state index in [9.17, 15) is 9.59 Å². The van der Waals surface area contributed by atoms with E-state index in [4.69, 9.17) is 16.7 Å². The van der Waals surface area contributed by atoms with Crippen LogP contribution in [-0.4, -0.2) is 36.1 Å². The molecule has 1 aliphatic rings. The molecular formula is C14H17ClN2O3. The zero-order valence-electron chi connectivity index (χ0n) is 11.0. The molecule has 1 aromatic carbocycles. The van der Waals surface area contributed by atoms with E-state index >= 15 is 0 Å². The number of nitrogens with one attached hydrogen (secondary N) is 1. The van der Waals surface area contributed by atoms with Gasteiger partial charge in [-0.15, -0.1) is 0 Å². The summed E-state index contributed by atoms with van der Waals surface area (Å²) in [5.74, 6) is -0.975. The lowest BCUT2D eigenvalue weighted by molar-refractivity contribution is -0.135. The number of hydrogen-bond acceptors (Lipinski definition) is 3. The van der Waals surface area contributed by atoms with Crippen LogP contribution in [0.1, 0.15) is 19.3 Å². The van der Waals surface area contributed by atoms with Crippen LogP contribution in [0.4, 0.5) is 5.69 Å². The number of nitrogens with zero attached hydrogens (tertiary/aromatic N) is 1. The normalized spacial score (nSPS) is 13.8. The Kier molecular flexibility index (Phi) is 4.84. The van der Waals surface area contributed by atoms with Gasteiger partial charge < -0.3 is 15.3 Å². The molecule has 0 spiro atoms. The minimum absolute atomic E-state index is 0.0371. The molecule has 20 heavy (non-hydrogen) atoms. The molecular weight excluding hydrogens is 280 g/mol. The Labute approximate surface area is 122 Å². The number of carbonyl (C=O) groups excluding carboxylic acids is 1. The first-order valence-corrected chi connectivity index (χ1v) is 6.94. The predicted molar refractivity (Wildman–Crippen MR) is 77.1 cm³/mol. The van der Waals surface area contributed by atoms with Gasteiger partial charge in [0.1, 0.15) is 6.54 Å². The molecule has 1 saturated carbocycles. The van der Waals surface area contributed by atoms with E-state index in [1.807, 2.05) is 0 Å².